The second-order valence-corrected chi connectivity index (χ2v) is 5.10. The van der Waals surface area contributed by atoms with Crippen molar-refractivity contribution in [1.29, 1.82) is 0 Å². The van der Waals surface area contributed by atoms with E-state index >= 15 is 0 Å². The molecule has 1 rings (SSSR count). The van der Waals surface area contributed by atoms with Gasteiger partial charge in [-0.15, -0.1) is 0 Å². The number of hydrogen-bond acceptors (Lipinski definition) is 4. The standard InChI is InChI=1S/C15H25NO5/c1-20-10-11-21-9-5-4-8-16-14(17)12-6-2-3-7-13(12)15(18)19/h2-3,12-13H,4-11H2,1H3,(H,16,17)(H,18,19). The first-order chi connectivity index (χ1) is 10.2. The van der Waals surface area contributed by atoms with Crippen molar-refractivity contribution in [3.8, 4) is 0 Å². The maximum absolute atomic E-state index is 12.0. The number of carboxylic acid groups (broad SMARTS) is 1. The smallest absolute Gasteiger partial charge is 0.307 e. The van der Waals surface area contributed by atoms with Crippen molar-refractivity contribution in [3.05, 3.63) is 12.2 Å². The second-order valence-electron chi connectivity index (χ2n) is 5.10. The molecule has 120 valence electrons. The quantitative estimate of drug-likeness (QED) is 0.468. The third-order valence-corrected chi connectivity index (χ3v) is 3.53. The minimum absolute atomic E-state index is 0.160. The third-order valence-electron chi connectivity index (χ3n) is 3.53. The topological polar surface area (TPSA) is 84.9 Å². The molecule has 0 heterocycles. The molecule has 2 unspecified atom stereocenters. The van der Waals surface area contributed by atoms with Crippen LogP contribution in [0.4, 0.5) is 0 Å². The maximum atomic E-state index is 12.0. The van der Waals surface area contributed by atoms with E-state index in [0.717, 1.165) is 12.8 Å². The summed E-state index contributed by atoms with van der Waals surface area (Å²) in [5, 5.41) is 12.0. The molecule has 0 aromatic rings. The van der Waals surface area contributed by atoms with Gasteiger partial charge in [0.05, 0.1) is 25.0 Å². The lowest BCUT2D eigenvalue weighted by Crippen LogP contribution is -2.39. The number of allylic oxidation sites excluding steroid dienone is 2. The molecule has 21 heavy (non-hydrogen) atoms. The SMILES string of the molecule is COCCOCCCCNC(=O)C1CC=CCC1C(=O)O. The van der Waals surface area contributed by atoms with Crippen LogP contribution in [-0.4, -0.2) is 50.5 Å². The molecular formula is C15H25NO5. The van der Waals surface area contributed by atoms with Gasteiger partial charge >= 0.3 is 5.97 Å². The van der Waals surface area contributed by atoms with Gasteiger partial charge in [0.1, 0.15) is 0 Å². The van der Waals surface area contributed by atoms with Gasteiger partial charge in [-0.25, -0.2) is 0 Å². The van der Waals surface area contributed by atoms with Gasteiger partial charge in [-0.05, 0) is 25.7 Å². The van der Waals surface area contributed by atoms with Crippen molar-refractivity contribution in [2.75, 3.05) is 33.5 Å². The van der Waals surface area contributed by atoms with Crippen LogP contribution in [0.15, 0.2) is 12.2 Å². The van der Waals surface area contributed by atoms with Gasteiger partial charge in [0.2, 0.25) is 5.91 Å². The summed E-state index contributed by atoms with van der Waals surface area (Å²) in [7, 11) is 1.63. The highest BCUT2D eigenvalue weighted by Gasteiger charge is 2.33. The summed E-state index contributed by atoms with van der Waals surface area (Å²) in [4.78, 5) is 23.2. The Labute approximate surface area is 125 Å². The molecule has 0 spiro atoms. The predicted octanol–water partition coefficient (Wildman–Crippen LogP) is 1.21. The van der Waals surface area contributed by atoms with Crippen LogP contribution in [0, 0.1) is 11.8 Å². The Morgan fingerprint density at radius 3 is 2.52 bits per heavy atom. The molecule has 6 nitrogen and oxygen atoms in total. The monoisotopic (exact) mass is 299 g/mol. The van der Waals surface area contributed by atoms with E-state index in [1.165, 1.54) is 0 Å². The van der Waals surface area contributed by atoms with E-state index < -0.39 is 17.8 Å². The molecule has 0 radical (unpaired) electrons. The van der Waals surface area contributed by atoms with E-state index in [1.807, 2.05) is 12.2 Å². The Bertz CT molecular complexity index is 356. The van der Waals surface area contributed by atoms with Crippen LogP contribution < -0.4 is 5.32 Å². The lowest BCUT2D eigenvalue weighted by Gasteiger charge is -2.24. The summed E-state index contributed by atoms with van der Waals surface area (Å²) in [5.41, 5.74) is 0. The van der Waals surface area contributed by atoms with Crippen LogP contribution in [-0.2, 0) is 19.1 Å². The minimum Gasteiger partial charge on any atom is -0.481 e. The predicted molar refractivity (Wildman–Crippen MR) is 77.9 cm³/mol. The fraction of sp³-hybridized carbons (Fsp3) is 0.733. The molecule has 2 N–H and O–H groups in total. The van der Waals surface area contributed by atoms with Crippen molar-refractivity contribution in [1.82, 2.24) is 5.32 Å². The van der Waals surface area contributed by atoms with E-state index in [-0.39, 0.29) is 5.91 Å². The first-order valence-corrected chi connectivity index (χ1v) is 7.39. The highest BCUT2D eigenvalue weighted by Crippen LogP contribution is 2.25. The molecule has 1 aliphatic rings. The number of unbranched alkanes of at least 4 members (excludes halogenated alkanes) is 1. The van der Waals surface area contributed by atoms with Crippen molar-refractivity contribution < 1.29 is 24.2 Å². The number of carbonyl (C=O) groups excluding carboxylic acids is 1. The number of hydrogen-bond donors (Lipinski definition) is 2. The van der Waals surface area contributed by atoms with Crippen LogP contribution in [0.3, 0.4) is 0 Å². The molecule has 0 saturated heterocycles. The highest BCUT2D eigenvalue weighted by atomic mass is 16.5. The largest absolute Gasteiger partial charge is 0.481 e. The fourth-order valence-corrected chi connectivity index (χ4v) is 2.29. The van der Waals surface area contributed by atoms with Crippen LogP contribution in [0.1, 0.15) is 25.7 Å². The molecule has 0 saturated carbocycles. The van der Waals surface area contributed by atoms with Gasteiger partial charge in [-0.3, -0.25) is 9.59 Å². The van der Waals surface area contributed by atoms with Gasteiger partial charge < -0.3 is 19.9 Å². The summed E-state index contributed by atoms with van der Waals surface area (Å²) < 4.78 is 10.2. The fourth-order valence-electron chi connectivity index (χ4n) is 2.29. The zero-order chi connectivity index (χ0) is 15.5. The lowest BCUT2D eigenvalue weighted by atomic mass is 9.82. The molecule has 0 aromatic carbocycles. The molecular weight excluding hydrogens is 274 g/mol. The number of nitrogens with one attached hydrogen (secondary N) is 1. The molecule has 0 bridgehead atoms. The van der Waals surface area contributed by atoms with E-state index in [2.05, 4.69) is 5.32 Å². The van der Waals surface area contributed by atoms with Gasteiger partial charge in [-0.1, -0.05) is 12.2 Å². The van der Waals surface area contributed by atoms with Crippen LogP contribution in [0.25, 0.3) is 0 Å². The van der Waals surface area contributed by atoms with E-state index in [9.17, 15) is 9.59 Å². The van der Waals surface area contributed by atoms with Crippen molar-refractivity contribution in [3.63, 3.8) is 0 Å². The van der Waals surface area contributed by atoms with E-state index in [0.29, 0.717) is 39.2 Å². The molecule has 0 aliphatic heterocycles. The summed E-state index contributed by atoms with van der Waals surface area (Å²) in [6, 6.07) is 0. The number of aliphatic carboxylic acids is 1. The average Bonchev–Trinajstić information content (AvgIpc) is 2.49. The van der Waals surface area contributed by atoms with Crippen LogP contribution in [0.2, 0.25) is 0 Å². The summed E-state index contributed by atoms with van der Waals surface area (Å²) in [6.45, 7) is 2.36. The van der Waals surface area contributed by atoms with E-state index in [1.54, 1.807) is 7.11 Å². The molecule has 0 fully saturated rings. The van der Waals surface area contributed by atoms with Gasteiger partial charge in [0, 0.05) is 20.3 Å². The average molecular weight is 299 g/mol. The third kappa shape index (κ3) is 6.73. The molecule has 0 aromatic heterocycles. The Morgan fingerprint density at radius 2 is 1.86 bits per heavy atom. The normalized spacial score (nSPS) is 21.2. The lowest BCUT2D eigenvalue weighted by molar-refractivity contribution is -0.147. The zero-order valence-electron chi connectivity index (χ0n) is 12.5. The molecule has 1 amide bonds. The molecule has 6 heteroatoms. The van der Waals surface area contributed by atoms with Gasteiger partial charge in [-0.2, -0.15) is 0 Å². The van der Waals surface area contributed by atoms with Crippen molar-refractivity contribution in [2.24, 2.45) is 11.8 Å². The Hall–Kier alpha value is -1.40. The number of ether oxygens (including phenoxy) is 2. The number of carboxylic acids is 1. The summed E-state index contributed by atoms with van der Waals surface area (Å²) in [5.74, 6) is -2.11. The van der Waals surface area contributed by atoms with Gasteiger partial charge in [0.25, 0.3) is 0 Å². The summed E-state index contributed by atoms with van der Waals surface area (Å²) >= 11 is 0. The van der Waals surface area contributed by atoms with E-state index in [4.69, 9.17) is 14.6 Å². The Morgan fingerprint density at radius 1 is 1.14 bits per heavy atom. The van der Waals surface area contributed by atoms with Crippen LogP contribution in [0.5, 0.6) is 0 Å². The first kappa shape index (κ1) is 17.7. The highest BCUT2D eigenvalue weighted by molar-refractivity contribution is 5.85. The maximum Gasteiger partial charge on any atom is 0.307 e. The summed E-state index contributed by atoms with van der Waals surface area (Å²) in [6.07, 6.45) is 6.33. The number of rotatable bonds is 10. The van der Waals surface area contributed by atoms with Crippen molar-refractivity contribution >= 4 is 11.9 Å². The number of methoxy groups -OCH3 is 1. The number of carbonyl (C=O) groups is 2. The number of amides is 1. The van der Waals surface area contributed by atoms with Crippen LogP contribution >= 0.6 is 0 Å². The molecule has 1 aliphatic carbocycles. The second kappa shape index (κ2) is 10.3. The first-order valence-electron chi connectivity index (χ1n) is 7.39. The zero-order valence-corrected chi connectivity index (χ0v) is 12.5. The van der Waals surface area contributed by atoms with Crippen molar-refractivity contribution in [2.45, 2.75) is 25.7 Å². The minimum atomic E-state index is -0.897. The van der Waals surface area contributed by atoms with Gasteiger partial charge in [0.15, 0.2) is 0 Å². The Kier molecular flexibility index (Phi) is 8.69. The Balaban J connectivity index is 2.15. The molecule has 2 atom stereocenters.